The van der Waals surface area contributed by atoms with Crippen LogP contribution in [0.5, 0.6) is 23.1 Å². The summed E-state index contributed by atoms with van der Waals surface area (Å²) in [5.74, 6) is -0.410. The summed E-state index contributed by atoms with van der Waals surface area (Å²) in [5.41, 5.74) is 3.34. The summed E-state index contributed by atoms with van der Waals surface area (Å²) >= 11 is 0. The fraction of sp³-hybridized carbons (Fsp3) is 0.385. The fourth-order valence-corrected chi connectivity index (χ4v) is 6.31. The van der Waals surface area contributed by atoms with Gasteiger partial charge in [0.15, 0.2) is 23.1 Å². The Labute approximate surface area is 303 Å². The molecule has 0 atom stereocenters. The molecule has 0 radical (unpaired) electrons. The Kier molecular flexibility index (Phi) is 11.8. The summed E-state index contributed by atoms with van der Waals surface area (Å²) in [6, 6.07) is 15.2. The first-order valence-corrected chi connectivity index (χ1v) is 17.7. The van der Waals surface area contributed by atoms with E-state index in [1.807, 2.05) is 36.9 Å². The minimum Gasteiger partial charge on any atom is -0.493 e. The summed E-state index contributed by atoms with van der Waals surface area (Å²) in [6.07, 6.45) is 4.09. The Morgan fingerprint density at radius 2 is 1.63 bits per heavy atom. The number of benzene rings is 3. The first-order chi connectivity index (χ1) is 25.2. The van der Waals surface area contributed by atoms with Crippen molar-refractivity contribution in [3.8, 4) is 23.1 Å². The second-order valence-electron chi connectivity index (χ2n) is 13.2. The number of likely N-dealkylation sites (tertiary alicyclic amines) is 1. The minimum atomic E-state index is -0.529. The smallest absolute Gasteiger partial charge is 0.262 e. The maximum atomic E-state index is 15.1. The molecule has 0 spiro atoms. The lowest BCUT2D eigenvalue weighted by Gasteiger charge is -2.32. The van der Waals surface area contributed by atoms with Gasteiger partial charge in [-0.25, -0.2) is 9.37 Å². The highest BCUT2D eigenvalue weighted by Gasteiger charge is 2.24. The van der Waals surface area contributed by atoms with Gasteiger partial charge in [-0.2, -0.15) is 4.98 Å². The third-order valence-corrected chi connectivity index (χ3v) is 9.39. The number of nitrogens with one attached hydrogen (secondary N) is 2. The number of likely N-dealkylation sites (N-methyl/N-ethyl adjacent to an activating group) is 1. The van der Waals surface area contributed by atoms with Crippen molar-refractivity contribution in [1.29, 1.82) is 0 Å². The molecule has 2 aliphatic rings. The van der Waals surface area contributed by atoms with Crippen molar-refractivity contribution >= 4 is 29.1 Å². The van der Waals surface area contributed by atoms with Gasteiger partial charge in [0, 0.05) is 75.0 Å². The number of halogens is 1. The number of piperazine rings is 1. The van der Waals surface area contributed by atoms with Crippen molar-refractivity contribution < 1.29 is 28.2 Å². The number of ether oxygens (including phenoxy) is 3. The summed E-state index contributed by atoms with van der Waals surface area (Å²) in [5, 5.41) is 5.97. The van der Waals surface area contributed by atoms with Crippen LogP contribution in [0, 0.1) is 19.7 Å². The zero-order valence-corrected chi connectivity index (χ0v) is 30.2. The van der Waals surface area contributed by atoms with E-state index < -0.39 is 11.7 Å². The monoisotopic (exact) mass is 711 g/mol. The molecule has 2 aliphatic heterocycles. The molecule has 2 saturated heterocycles. The second-order valence-corrected chi connectivity index (χ2v) is 13.2. The van der Waals surface area contributed by atoms with Crippen molar-refractivity contribution in [1.82, 2.24) is 24.7 Å². The fourth-order valence-electron chi connectivity index (χ4n) is 6.31. The van der Waals surface area contributed by atoms with E-state index in [-0.39, 0.29) is 34.8 Å². The Morgan fingerprint density at radius 3 is 2.35 bits per heavy atom. The van der Waals surface area contributed by atoms with Gasteiger partial charge in [0.25, 0.3) is 11.8 Å². The molecule has 0 saturated carbocycles. The zero-order valence-electron chi connectivity index (χ0n) is 30.2. The van der Waals surface area contributed by atoms with Crippen molar-refractivity contribution in [2.45, 2.75) is 33.1 Å². The number of amides is 2. The molecule has 2 N–H and O–H groups in total. The van der Waals surface area contributed by atoms with Crippen LogP contribution in [-0.2, 0) is 0 Å². The number of hydrogen-bond acceptors (Lipinski definition) is 10. The highest BCUT2D eigenvalue weighted by molar-refractivity contribution is 6.06. The van der Waals surface area contributed by atoms with E-state index in [0.717, 1.165) is 63.1 Å². The SMILES string of the molecule is COc1cc(C(=O)N2CCCC2)ccc1Oc1nc(Nc2ccc(OCCCN3CCN(C)CC3)c(F)c2)ncc1C(=O)Nc1c(C)cccc1C. The van der Waals surface area contributed by atoms with E-state index >= 15 is 4.39 Å². The molecule has 0 bridgehead atoms. The molecule has 1 aromatic heterocycles. The summed E-state index contributed by atoms with van der Waals surface area (Å²) < 4.78 is 32.7. The van der Waals surface area contributed by atoms with Crippen LogP contribution in [0.4, 0.5) is 21.7 Å². The van der Waals surface area contributed by atoms with Gasteiger partial charge in [-0.1, -0.05) is 18.2 Å². The maximum Gasteiger partial charge on any atom is 0.262 e. The topological polar surface area (TPSA) is 121 Å². The van der Waals surface area contributed by atoms with E-state index in [1.165, 1.54) is 19.4 Å². The molecule has 6 rings (SSSR count). The van der Waals surface area contributed by atoms with Crippen molar-refractivity contribution in [3.05, 3.63) is 88.9 Å². The van der Waals surface area contributed by atoms with Crippen LogP contribution >= 0.6 is 0 Å². The van der Waals surface area contributed by atoms with E-state index in [9.17, 15) is 9.59 Å². The molecule has 3 aromatic carbocycles. The van der Waals surface area contributed by atoms with Gasteiger partial charge in [0.1, 0.15) is 5.56 Å². The van der Waals surface area contributed by atoms with Gasteiger partial charge >= 0.3 is 0 Å². The number of aromatic nitrogens is 2. The van der Waals surface area contributed by atoms with Crippen LogP contribution in [0.3, 0.4) is 0 Å². The van der Waals surface area contributed by atoms with Crippen LogP contribution in [-0.4, -0.2) is 103 Å². The average molecular weight is 712 g/mol. The lowest BCUT2D eigenvalue weighted by atomic mass is 10.1. The zero-order chi connectivity index (χ0) is 36.6. The maximum absolute atomic E-state index is 15.1. The highest BCUT2D eigenvalue weighted by atomic mass is 19.1. The van der Waals surface area contributed by atoms with Gasteiger partial charge in [-0.05, 0) is 81.6 Å². The molecule has 0 unspecified atom stereocenters. The number of aryl methyl sites for hydroxylation is 2. The molecular weight excluding hydrogens is 665 g/mol. The first-order valence-electron chi connectivity index (χ1n) is 17.7. The van der Waals surface area contributed by atoms with Crippen molar-refractivity contribution in [2.24, 2.45) is 0 Å². The lowest BCUT2D eigenvalue weighted by Crippen LogP contribution is -2.44. The molecule has 274 valence electrons. The number of carbonyl (C=O) groups excluding carboxylic acids is 2. The van der Waals surface area contributed by atoms with Gasteiger partial charge in [-0.15, -0.1) is 0 Å². The van der Waals surface area contributed by atoms with Gasteiger partial charge in [0.05, 0.1) is 13.7 Å². The Balaban J connectivity index is 1.20. The van der Waals surface area contributed by atoms with Gasteiger partial charge in [-0.3, -0.25) is 9.59 Å². The molecule has 2 fully saturated rings. The minimum absolute atomic E-state index is 0.0546. The summed E-state index contributed by atoms with van der Waals surface area (Å²) in [7, 11) is 3.60. The standard InChI is InChI=1S/C39H46FN7O5/c1-26-9-7-10-27(2)35(26)43-36(48)30-25-41-39(42-29-12-14-32(31(40)24-29)51-22-8-15-46-20-18-45(3)19-21-46)44-37(30)52-33-13-11-28(23-34(33)50-4)38(49)47-16-5-6-17-47/h7,9-14,23-25H,5-6,8,15-22H2,1-4H3,(H,43,48)(H,41,42,44). The first kappa shape index (κ1) is 36.5. The lowest BCUT2D eigenvalue weighted by molar-refractivity contribution is 0.0792. The van der Waals surface area contributed by atoms with E-state index in [4.69, 9.17) is 14.2 Å². The van der Waals surface area contributed by atoms with E-state index in [0.29, 0.717) is 42.4 Å². The number of para-hydroxylation sites is 1. The largest absolute Gasteiger partial charge is 0.493 e. The van der Waals surface area contributed by atoms with Crippen molar-refractivity contribution in [3.63, 3.8) is 0 Å². The third-order valence-electron chi connectivity index (χ3n) is 9.39. The van der Waals surface area contributed by atoms with Gasteiger partial charge < -0.3 is 39.5 Å². The molecule has 12 nitrogen and oxygen atoms in total. The predicted molar refractivity (Wildman–Crippen MR) is 198 cm³/mol. The Bertz CT molecular complexity index is 1870. The molecule has 0 aliphatic carbocycles. The predicted octanol–water partition coefficient (Wildman–Crippen LogP) is 6.28. The molecule has 52 heavy (non-hydrogen) atoms. The van der Waals surface area contributed by atoms with Crippen LogP contribution in [0.1, 0.15) is 51.1 Å². The number of hydrogen-bond donors (Lipinski definition) is 2. The average Bonchev–Trinajstić information content (AvgIpc) is 3.69. The molecule has 13 heteroatoms. The number of rotatable bonds is 13. The van der Waals surface area contributed by atoms with Crippen LogP contribution in [0.25, 0.3) is 0 Å². The molecule has 2 amide bonds. The van der Waals surface area contributed by atoms with Crippen molar-refractivity contribution in [2.75, 3.05) is 77.2 Å². The van der Waals surface area contributed by atoms with Crippen LogP contribution in [0.15, 0.2) is 60.8 Å². The normalized spacial score (nSPS) is 15.0. The number of anilines is 3. The highest BCUT2D eigenvalue weighted by Crippen LogP contribution is 2.35. The second kappa shape index (κ2) is 16.8. The van der Waals surface area contributed by atoms with E-state index in [1.54, 1.807) is 30.3 Å². The number of nitrogens with zero attached hydrogens (tertiary/aromatic N) is 5. The van der Waals surface area contributed by atoms with Crippen LogP contribution < -0.4 is 24.8 Å². The molecular formula is C39H46FN7O5. The number of methoxy groups -OCH3 is 1. The Morgan fingerprint density at radius 1 is 0.904 bits per heavy atom. The quantitative estimate of drug-likeness (QED) is 0.153. The third kappa shape index (κ3) is 8.96. The molecule has 4 aromatic rings. The summed E-state index contributed by atoms with van der Waals surface area (Å²) in [4.78, 5) is 42.2. The Hall–Kier alpha value is -5.27. The summed E-state index contributed by atoms with van der Waals surface area (Å²) in [6.45, 7) is 10.7. The van der Waals surface area contributed by atoms with Crippen LogP contribution in [0.2, 0.25) is 0 Å². The number of carbonyl (C=O) groups is 2. The van der Waals surface area contributed by atoms with E-state index in [2.05, 4.69) is 37.4 Å². The molecule has 3 heterocycles. The van der Waals surface area contributed by atoms with Gasteiger partial charge in [0.2, 0.25) is 11.8 Å².